The van der Waals surface area contributed by atoms with Gasteiger partial charge in [0.1, 0.15) is 4.75 Å². The maximum Gasteiger partial charge on any atom is 0.270 e. The number of nitro benzene ring substituents is 1. The minimum absolute atomic E-state index is 0.0604. The van der Waals surface area contributed by atoms with Crippen molar-refractivity contribution in [3.8, 4) is 0 Å². The van der Waals surface area contributed by atoms with Crippen molar-refractivity contribution in [2.75, 3.05) is 0 Å². The van der Waals surface area contributed by atoms with Crippen LogP contribution in [0.1, 0.15) is 44.9 Å². The summed E-state index contributed by atoms with van der Waals surface area (Å²) in [6.07, 6.45) is 0. The summed E-state index contributed by atoms with van der Waals surface area (Å²) in [6.45, 7) is 9.29. The smallest absolute Gasteiger partial charge is 0.270 e. The Morgan fingerprint density at radius 3 is 2.37 bits per heavy atom. The minimum Gasteiger partial charge on any atom is -0.598 e. The van der Waals surface area contributed by atoms with Crippen LogP contribution in [0.5, 0.6) is 0 Å². The molecule has 0 aliphatic heterocycles. The van der Waals surface area contributed by atoms with E-state index in [9.17, 15) is 14.7 Å². The van der Waals surface area contributed by atoms with Gasteiger partial charge in [-0.25, -0.2) is 0 Å². The molecule has 0 aliphatic rings. The Kier molecular flexibility index (Phi) is 4.95. The molecule has 1 unspecified atom stereocenters. The van der Waals surface area contributed by atoms with Gasteiger partial charge in [0.15, 0.2) is 0 Å². The van der Waals surface area contributed by atoms with Gasteiger partial charge in [0, 0.05) is 23.5 Å². The average molecular weight is 284 g/mol. The van der Waals surface area contributed by atoms with Gasteiger partial charge in [0.25, 0.3) is 5.69 Å². The number of non-ortho nitro benzene ring substituents is 1. The second-order valence-electron chi connectivity index (χ2n) is 5.58. The lowest BCUT2D eigenvalue weighted by Gasteiger charge is -2.26. The zero-order valence-corrected chi connectivity index (χ0v) is 12.7. The molecule has 1 rings (SSSR count). The molecule has 0 heterocycles. The number of aryl methyl sites for hydroxylation is 1. The molecular formula is C13H20N2O3S. The van der Waals surface area contributed by atoms with E-state index in [0.717, 1.165) is 11.1 Å². The zero-order chi connectivity index (χ0) is 14.8. The maximum absolute atomic E-state index is 12.0. The van der Waals surface area contributed by atoms with Gasteiger partial charge >= 0.3 is 0 Å². The molecule has 1 N–H and O–H groups in total. The summed E-state index contributed by atoms with van der Waals surface area (Å²) in [7, 11) is 0. The molecule has 0 bridgehead atoms. The van der Waals surface area contributed by atoms with Gasteiger partial charge in [0.05, 0.1) is 11.0 Å². The molecule has 1 aromatic rings. The number of nitro groups is 1. The first-order valence-electron chi connectivity index (χ1n) is 6.05. The van der Waals surface area contributed by atoms with Crippen LogP contribution in [0.2, 0.25) is 0 Å². The summed E-state index contributed by atoms with van der Waals surface area (Å²) in [6, 6.07) is 4.70. The lowest BCUT2D eigenvalue weighted by atomic mass is 10.1. The number of nitrogens with zero attached hydrogens (tertiary/aromatic N) is 1. The molecule has 0 aromatic heterocycles. The molecule has 0 spiro atoms. The van der Waals surface area contributed by atoms with Gasteiger partial charge < -0.3 is 4.55 Å². The third-order valence-electron chi connectivity index (χ3n) is 2.64. The van der Waals surface area contributed by atoms with Crippen molar-refractivity contribution in [1.29, 1.82) is 0 Å². The SMILES string of the molecule is Cc1cc(C(C)N[S@+]([O-])C(C)(C)C)cc([N+](=O)[O-])c1. The zero-order valence-electron chi connectivity index (χ0n) is 11.9. The van der Waals surface area contributed by atoms with Crippen LogP contribution in [0.4, 0.5) is 5.69 Å². The van der Waals surface area contributed by atoms with E-state index in [-0.39, 0.29) is 16.5 Å². The van der Waals surface area contributed by atoms with Gasteiger partial charge in [-0.15, -0.1) is 4.72 Å². The molecule has 0 saturated carbocycles. The number of hydrogen-bond donors (Lipinski definition) is 1. The van der Waals surface area contributed by atoms with Crippen LogP contribution in [-0.4, -0.2) is 14.2 Å². The Bertz CT molecular complexity index is 471. The molecule has 19 heavy (non-hydrogen) atoms. The standard InChI is InChI=1S/C13H20N2O3S/c1-9-6-11(8-12(7-9)15(16)17)10(2)14-19(18)13(3,4)5/h6-8,10,14H,1-5H3/t10?,19-/m1/s1. The van der Waals surface area contributed by atoms with E-state index in [1.807, 2.05) is 40.7 Å². The normalized spacial score (nSPS) is 15.1. The van der Waals surface area contributed by atoms with Crippen LogP contribution in [0.3, 0.4) is 0 Å². The van der Waals surface area contributed by atoms with Crippen LogP contribution < -0.4 is 4.72 Å². The highest BCUT2D eigenvalue weighted by molar-refractivity contribution is 7.90. The third-order valence-corrected chi connectivity index (χ3v) is 4.32. The van der Waals surface area contributed by atoms with Gasteiger partial charge in [0.2, 0.25) is 0 Å². The van der Waals surface area contributed by atoms with E-state index in [1.54, 1.807) is 0 Å². The number of hydrogen-bond acceptors (Lipinski definition) is 4. The van der Waals surface area contributed by atoms with Gasteiger partial charge in [-0.3, -0.25) is 10.1 Å². The van der Waals surface area contributed by atoms with Crippen LogP contribution >= 0.6 is 0 Å². The third kappa shape index (κ3) is 4.49. The summed E-state index contributed by atoms with van der Waals surface area (Å²) in [5, 5.41) is 10.8. The Labute approximate surface area is 116 Å². The molecule has 0 aliphatic carbocycles. The van der Waals surface area contributed by atoms with Crippen molar-refractivity contribution < 1.29 is 9.48 Å². The van der Waals surface area contributed by atoms with E-state index >= 15 is 0 Å². The molecular weight excluding hydrogens is 264 g/mol. The minimum atomic E-state index is -1.21. The molecule has 0 fully saturated rings. The summed E-state index contributed by atoms with van der Waals surface area (Å²) >= 11 is -1.21. The molecule has 0 saturated heterocycles. The predicted octanol–water partition coefficient (Wildman–Crippen LogP) is 3.02. The predicted molar refractivity (Wildman–Crippen MR) is 77.3 cm³/mol. The molecule has 6 heteroatoms. The van der Waals surface area contributed by atoms with Crippen LogP contribution in [0, 0.1) is 17.0 Å². The number of rotatable bonds is 4. The first kappa shape index (κ1) is 15.9. The van der Waals surface area contributed by atoms with E-state index in [1.165, 1.54) is 12.1 Å². The summed E-state index contributed by atoms with van der Waals surface area (Å²) in [5.74, 6) is 0. The highest BCUT2D eigenvalue weighted by Crippen LogP contribution is 2.24. The van der Waals surface area contributed by atoms with Crippen molar-refractivity contribution >= 4 is 17.0 Å². The van der Waals surface area contributed by atoms with Crippen LogP contribution in [0.25, 0.3) is 0 Å². The summed E-state index contributed by atoms with van der Waals surface area (Å²) < 4.78 is 14.6. The Morgan fingerprint density at radius 1 is 1.32 bits per heavy atom. The molecule has 0 amide bonds. The highest BCUT2D eigenvalue weighted by atomic mass is 32.2. The first-order chi connectivity index (χ1) is 8.61. The molecule has 2 atom stereocenters. The van der Waals surface area contributed by atoms with Crippen molar-refractivity contribution in [2.24, 2.45) is 0 Å². The number of nitrogens with one attached hydrogen (secondary N) is 1. The quantitative estimate of drug-likeness (QED) is 0.523. The Balaban J connectivity index is 2.94. The topological polar surface area (TPSA) is 78.2 Å². The fourth-order valence-electron chi connectivity index (χ4n) is 1.55. The van der Waals surface area contributed by atoms with Crippen LogP contribution in [0.15, 0.2) is 18.2 Å². The van der Waals surface area contributed by atoms with Gasteiger partial charge in [-0.2, -0.15) is 0 Å². The average Bonchev–Trinajstić information content (AvgIpc) is 2.26. The van der Waals surface area contributed by atoms with E-state index in [4.69, 9.17) is 0 Å². The summed E-state index contributed by atoms with van der Waals surface area (Å²) in [5.41, 5.74) is 1.65. The van der Waals surface area contributed by atoms with Crippen molar-refractivity contribution in [2.45, 2.75) is 45.4 Å². The number of benzene rings is 1. The van der Waals surface area contributed by atoms with Crippen LogP contribution in [-0.2, 0) is 11.4 Å². The fraction of sp³-hybridized carbons (Fsp3) is 0.538. The molecule has 106 valence electrons. The first-order valence-corrected chi connectivity index (χ1v) is 7.20. The Hall–Kier alpha value is -1.11. The van der Waals surface area contributed by atoms with Crippen molar-refractivity contribution in [3.63, 3.8) is 0 Å². The van der Waals surface area contributed by atoms with E-state index in [2.05, 4.69) is 4.72 Å². The largest absolute Gasteiger partial charge is 0.598 e. The molecule has 1 aromatic carbocycles. The van der Waals surface area contributed by atoms with Crippen molar-refractivity contribution in [3.05, 3.63) is 39.4 Å². The van der Waals surface area contributed by atoms with Gasteiger partial charge in [-0.1, -0.05) is 6.07 Å². The lowest BCUT2D eigenvalue weighted by Crippen LogP contribution is -2.40. The Morgan fingerprint density at radius 2 is 1.89 bits per heavy atom. The maximum atomic E-state index is 12.0. The van der Waals surface area contributed by atoms with Crippen molar-refractivity contribution in [1.82, 2.24) is 4.72 Å². The highest BCUT2D eigenvalue weighted by Gasteiger charge is 2.28. The monoisotopic (exact) mass is 284 g/mol. The molecule has 5 nitrogen and oxygen atoms in total. The van der Waals surface area contributed by atoms with E-state index in [0.29, 0.717) is 0 Å². The lowest BCUT2D eigenvalue weighted by molar-refractivity contribution is -0.385. The van der Waals surface area contributed by atoms with Gasteiger partial charge in [-0.05, 0) is 45.7 Å². The molecule has 0 radical (unpaired) electrons. The second kappa shape index (κ2) is 5.90. The summed E-state index contributed by atoms with van der Waals surface area (Å²) in [4.78, 5) is 10.4. The fourth-order valence-corrected chi connectivity index (χ4v) is 2.36. The van der Waals surface area contributed by atoms with E-state index < -0.39 is 16.3 Å². The second-order valence-corrected chi connectivity index (χ2v) is 7.58.